The zero-order valence-electron chi connectivity index (χ0n) is 29.8. The largest absolute Gasteiger partial charge is 0.208 e. The number of benzene rings is 8. The molecule has 0 bridgehead atoms. The van der Waals surface area contributed by atoms with Crippen LogP contribution in [-0.4, -0.2) is 15.0 Å². The Balaban J connectivity index is 1.08. The van der Waals surface area contributed by atoms with Crippen molar-refractivity contribution >= 4 is 31.5 Å². The van der Waals surface area contributed by atoms with Crippen molar-refractivity contribution in [3.8, 4) is 78.7 Å². The Hall–Kier alpha value is -7.01. The Kier molecular flexibility index (Phi) is 8.36. The smallest absolute Gasteiger partial charge is 0.164 e. The standard InChI is InChI=1S/C51H33N3S/c1-5-16-34(17-6-1)42-32-45(35-18-7-2-8-19-35)48-46(33-42)44-29-15-28-43(47(44)55-48)40-26-13-24-38(30-40)39-25-14-27-41(31-39)51-53-49(36-20-9-3-10-21-36)52-50(54-51)37-22-11-4-12-23-37/h1-33H. The molecule has 0 amide bonds. The summed E-state index contributed by atoms with van der Waals surface area (Å²) >= 11 is 1.89. The molecule has 0 saturated heterocycles. The first-order valence-electron chi connectivity index (χ1n) is 18.4. The van der Waals surface area contributed by atoms with Crippen molar-refractivity contribution in [3.05, 3.63) is 200 Å². The average Bonchev–Trinajstić information content (AvgIpc) is 3.66. The minimum atomic E-state index is 0.643. The molecular formula is C51H33N3S. The molecule has 258 valence electrons. The summed E-state index contributed by atoms with van der Waals surface area (Å²) in [4.78, 5) is 14.9. The zero-order valence-corrected chi connectivity index (χ0v) is 30.6. The van der Waals surface area contributed by atoms with Gasteiger partial charge < -0.3 is 0 Å². The summed E-state index contributed by atoms with van der Waals surface area (Å²) in [6, 6.07) is 70.6. The molecule has 0 aliphatic carbocycles. The van der Waals surface area contributed by atoms with E-state index in [4.69, 9.17) is 15.0 Å². The van der Waals surface area contributed by atoms with Crippen LogP contribution in [0.15, 0.2) is 200 Å². The number of fused-ring (bicyclic) bond motifs is 3. The van der Waals surface area contributed by atoms with E-state index in [1.165, 1.54) is 53.6 Å². The van der Waals surface area contributed by atoms with Crippen molar-refractivity contribution in [2.24, 2.45) is 0 Å². The number of hydrogen-bond donors (Lipinski definition) is 0. The molecule has 0 aliphatic rings. The molecule has 8 aromatic carbocycles. The molecular weight excluding hydrogens is 687 g/mol. The lowest BCUT2D eigenvalue weighted by Gasteiger charge is -2.10. The molecule has 3 nitrogen and oxygen atoms in total. The Morgan fingerprint density at radius 1 is 0.255 bits per heavy atom. The minimum absolute atomic E-state index is 0.643. The van der Waals surface area contributed by atoms with Crippen LogP contribution >= 0.6 is 11.3 Å². The van der Waals surface area contributed by atoms with Crippen LogP contribution < -0.4 is 0 Å². The van der Waals surface area contributed by atoms with Gasteiger partial charge in [-0.15, -0.1) is 11.3 Å². The first-order valence-corrected chi connectivity index (χ1v) is 19.3. The van der Waals surface area contributed by atoms with Gasteiger partial charge in [0, 0.05) is 42.4 Å². The Labute approximate surface area is 323 Å². The fourth-order valence-electron chi connectivity index (χ4n) is 7.40. The normalized spacial score (nSPS) is 11.3. The number of hydrogen-bond acceptors (Lipinski definition) is 4. The molecule has 0 spiro atoms. The molecule has 0 N–H and O–H groups in total. The lowest BCUT2D eigenvalue weighted by molar-refractivity contribution is 1.07. The van der Waals surface area contributed by atoms with E-state index in [1.807, 2.05) is 72.0 Å². The van der Waals surface area contributed by atoms with E-state index < -0.39 is 0 Å². The predicted octanol–water partition coefficient (Wildman–Crippen LogP) is 13.9. The van der Waals surface area contributed by atoms with E-state index in [0.717, 1.165) is 27.8 Å². The summed E-state index contributed by atoms with van der Waals surface area (Å²) in [6.45, 7) is 0. The van der Waals surface area contributed by atoms with E-state index in [2.05, 4.69) is 140 Å². The zero-order chi connectivity index (χ0) is 36.6. The van der Waals surface area contributed by atoms with Gasteiger partial charge in [-0.25, -0.2) is 15.0 Å². The monoisotopic (exact) mass is 719 g/mol. The van der Waals surface area contributed by atoms with Gasteiger partial charge in [0.05, 0.1) is 0 Å². The molecule has 0 atom stereocenters. The van der Waals surface area contributed by atoms with Gasteiger partial charge in [-0.1, -0.05) is 176 Å². The summed E-state index contributed by atoms with van der Waals surface area (Å²) in [5.41, 5.74) is 12.4. The molecule has 0 saturated carbocycles. The van der Waals surface area contributed by atoms with Gasteiger partial charge >= 0.3 is 0 Å². The Bertz CT molecular complexity index is 2900. The van der Waals surface area contributed by atoms with Crippen molar-refractivity contribution in [2.75, 3.05) is 0 Å². The maximum atomic E-state index is 4.99. The van der Waals surface area contributed by atoms with E-state index in [1.54, 1.807) is 0 Å². The molecule has 0 fully saturated rings. The maximum Gasteiger partial charge on any atom is 0.164 e. The van der Waals surface area contributed by atoms with Crippen LogP contribution in [0.2, 0.25) is 0 Å². The van der Waals surface area contributed by atoms with Crippen LogP contribution in [0.5, 0.6) is 0 Å². The van der Waals surface area contributed by atoms with Crippen LogP contribution in [0.25, 0.3) is 98.8 Å². The van der Waals surface area contributed by atoms with Crippen LogP contribution in [0, 0.1) is 0 Å². The van der Waals surface area contributed by atoms with Crippen molar-refractivity contribution in [2.45, 2.75) is 0 Å². The van der Waals surface area contributed by atoms with Crippen LogP contribution in [-0.2, 0) is 0 Å². The van der Waals surface area contributed by atoms with E-state index >= 15 is 0 Å². The first kappa shape index (κ1) is 32.6. The summed E-state index contributed by atoms with van der Waals surface area (Å²) in [5, 5.41) is 2.56. The molecule has 10 rings (SSSR count). The third kappa shape index (κ3) is 6.29. The van der Waals surface area contributed by atoms with Gasteiger partial charge in [0.1, 0.15) is 0 Å². The van der Waals surface area contributed by atoms with Crippen LogP contribution in [0.4, 0.5) is 0 Å². The molecule has 2 aromatic heterocycles. The van der Waals surface area contributed by atoms with Gasteiger partial charge in [-0.2, -0.15) is 0 Å². The number of thiophene rings is 1. The second kappa shape index (κ2) is 14.1. The highest BCUT2D eigenvalue weighted by atomic mass is 32.1. The van der Waals surface area contributed by atoms with E-state index in [9.17, 15) is 0 Å². The third-order valence-corrected chi connectivity index (χ3v) is 11.4. The van der Waals surface area contributed by atoms with Gasteiger partial charge in [0.15, 0.2) is 17.5 Å². The van der Waals surface area contributed by atoms with Crippen LogP contribution in [0.3, 0.4) is 0 Å². The third-order valence-electron chi connectivity index (χ3n) is 10.1. The fraction of sp³-hybridized carbons (Fsp3) is 0. The number of rotatable bonds is 7. The van der Waals surface area contributed by atoms with E-state index in [0.29, 0.717) is 17.5 Å². The fourth-order valence-corrected chi connectivity index (χ4v) is 8.75. The highest BCUT2D eigenvalue weighted by Gasteiger charge is 2.17. The molecule has 0 unspecified atom stereocenters. The Morgan fingerprint density at radius 3 is 1.29 bits per heavy atom. The van der Waals surface area contributed by atoms with Gasteiger partial charge in [-0.3, -0.25) is 0 Å². The molecule has 0 aliphatic heterocycles. The second-order valence-corrected chi connectivity index (χ2v) is 14.6. The molecule has 10 aromatic rings. The van der Waals surface area contributed by atoms with Crippen molar-refractivity contribution in [1.82, 2.24) is 15.0 Å². The lowest BCUT2D eigenvalue weighted by Crippen LogP contribution is -2.00. The first-order chi connectivity index (χ1) is 27.2. The van der Waals surface area contributed by atoms with Gasteiger partial charge in [-0.05, 0) is 63.2 Å². The maximum absolute atomic E-state index is 4.99. The summed E-state index contributed by atoms with van der Waals surface area (Å²) in [6.07, 6.45) is 0. The number of aromatic nitrogens is 3. The molecule has 55 heavy (non-hydrogen) atoms. The van der Waals surface area contributed by atoms with Gasteiger partial charge in [0.25, 0.3) is 0 Å². The quantitative estimate of drug-likeness (QED) is 0.165. The highest BCUT2D eigenvalue weighted by molar-refractivity contribution is 7.26. The topological polar surface area (TPSA) is 38.7 Å². The van der Waals surface area contributed by atoms with Crippen molar-refractivity contribution < 1.29 is 0 Å². The van der Waals surface area contributed by atoms with Crippen molar-refractivity contribution in [3.63, 3.8) is 0 Å². The molecule has 0 radical (unpaired) electrons. The summed E-state index contributed by atoms with van der Waals surface area (Å²) in [7, 11) is 0. The molecule has 2 heterocycles. The van der Waals surface area contributed by atoms with Crippen molar-refractivity contribution in [1.29, 1.82) is 0 Å². The predicted molar refractivity (Wildman–Crippen MR) is 231 cm³/mol. The molecule has 4 heteroatoms. The van der Waals surface area contributed by atoms with Crippen LogP contribution in [0.1, 0.15) is 0 Å². The lowest BCUT2D eigenvalue weighted by atomic mass is 9.94. The number of nitrogens with zero attached hydrogens (tertiary/aromatic N) is 3. The summed E-state index contributed by atoms with van der Waals surface area (Å²) in [5.74, 6) is 1.95. The highest BCUT2D eigenvalue weighted by Crippen LogP contribution is 2.46. The summed E-state index contributed by atoms with van der Waals surface area (Å²) < 4.78 is 2.59. The van der Waals surface area contributed by atoms with Gasteiger partial charge in [0.2, 0.25) is 0 Å². The SMILES string of the molecule is c1ccc(-c2cc(-c3ccccc3)c3sc4c(-c5cccc(-c6cccc(-c7nc(-c8ccccc8)nc(-c8ccccc8)n7)c6)c5)cccc4c3c2)cc1. The second-order valence-electron chi connectivity index (χ2n) is 13.6. The Morgan fingerprint density at radius 2 is 0.691 bits per heavy atom. The minimum Gasteiger partial charge on any atom is -0.208 e. The average molecular weight is 720 g/mol. The van der Waals surface area contributed by atoms with E-state index in [-0.39, 0.29) is 0 Å².